The molecule has 24 unspecified atom stereocenters. The molecule has 81 heavy (non-hydrogen) atoms. The van der Waals surface area contributed by atoms with Crippen LogP contribution in [-0.2, 0) is 54.4 Å². The first-order valence-corrected chi connectivity index (χ1v) is 34.3. The van der Waals surface area contributed by atoms with E-state index >= 15 is 0 Å². The van der Waals surface area contributed by atoms with Crippen LogP contribution in [-0.4, -0.2) is 151 Å². The van der Waals surface area contributed by atoms with E-state index in [9.17, 15) is 0 Å². The maximum absolute atomic E-state index is 7.13. The Morgan fingerprint density at radius 2 is 0.407 bits per heavy atom. The quantitative estimate of drug-likeness (QED) is 0.0277. The number of rotatable bonds is 32. The van der Waals surface area contributed by atoms with Crippen LogP contribution in [0, 0.1) is 47.3 Å². The minimum atomic E-state index is -0.191. The van der Waals surface area contributed by atoms with Gasteiger partial charge in [-0.1, -0.05) is 131 Å². The first-order valence-electron chi connectivity index (χ1n) is 34.3. The van der Waals surface area contributed by atoms with Gasteiger partial charge in [0.25, 0.3) is 0 Å². The molecule has 17 heteroatoms. The van der Waals surface area contributed by atoms with Crippen LogP contribution in [0.1, 0.15) is 209 Å². The molecule has 0 radical (unpaired) electrons. The maximum atomic E-state index is 7.13. The second-order valence-electron chi connectivity index (χ2n) is 26.0. The predicted molar refractivity (Wildman–Crippen MR) is 318 cm³/mol. The predicted octanol–water partition coefficient (Wildman–Crippen LogP) is 10.5. The molecule has 16 nitrogen and oxygen atoms in total. The Bertz CT molecular complexity index is 1390. The number of fused-ring (bicyclic) bond motifs is 20. The van der Waals surface area contributed by atoms with Crippen molar-refractivity contribution in [2.75, 3.05) is 52.9 Å². The minimum Gasteiger partial charge on any atom is -0.631 e. The zero-order valence-electron chi connectivity index (χ0n) is 52.0. The van der Waals surface area contributed by atoms with Crippen LogP contribution in [0.3, 0.4) is 0 Å². The van der Waals surface area contributed by atoms with Crippen LogP contribution >= 0.6 is 0 Å². The maximum Gasteiger partial charge on any atom is 2.00 e. The molecule has 4 saturated carbocycles. The van der Waals surface area contributed by atoms with E-state index in [2.05, 4.69) is 87.3 Å². The third kappa shape index (κ3) is 16.4. The van der Waals surface area contributed by atoms with E-state index in [0.717, 1.165) is 207 Å². The number of hydrogen-bond acceptors (Lipinski definition) is 14. The van der Waals surface area contributed by atoms with Crippen molar-refractivity contribution in [3.63, 3.8) is 0 Å². The van der Waals surface area contributed by atoms with Crippen LogP contribution in [0.15, 0.2) is 0 Å². The number of ether oxygens (including phenoxy) is 8. The van der Waals surface area contributed by atoms with Crippen molar-refractivity contribution in [2.45, 2.75) is 308 Å². The van der Waals surface area contributed by atoms with Gasteiger partial charge in [-0.15, -0.1) is 0 Å². The largest absolute Gasteiger partial charge is 2.00 e. The molecule has 6 N–H and O–H groups in total. The Balaban J connectivity index is 0.00000860. The van der Waals surface area contributed by atoms with E-state index < -0.39 is 0 Å². The van der Waals surface area contributed by atoms with Gasteiger partial charge in [0.15, 0.2) is 0 Å². The smallest absolute Gasteiger partial charge is 0.631 e. The number of nitrogens with zero attached hydrogens (tertiary/aromatic N) is 2. The second kappa shape index (κ2) is 34.6. The number of unbranched alkanes of at least 4 members (excludes halogenated alkanes) is 8. The Hall–Kier alpha value is -0.146. The summed E-state index contributed by atoms with van der Waals surface area (Å²) in [4.78, 5) is 0. The van der Waals surface area contributed by atoms with E-state index in [0.29, 0.717) is 0 Å². The third-order valence-electron chi connectivity index (χ3n) is 20.6. The summed E-state index contributed by atoms with van der Waals surface area (Å²) in [6.45, 7) is 24.3. The summed E-state index contributed by atoms with van der Waals surface area (Å²) >= 11 is 0. The van der Waals surface area contributed by atoms with Gasteiger partial charge < -0.3 is 69.8 Å². The summed E-state index contributed by atoms with van der Waals surface area (Å²) in [5.74, 6) is 0.935. The van der Waals surface area contributed by atoms with Gasteiger partial charge >= 0.3 is 16.5 Å². The van der Waals surface area contributed by atoms with Gasteiger partial charge in [-0.3, -0.25) is 10.6 Å². The van der Waals surface area contributed by atoms with E-state index in [-0.39, 0.29) is 162 Å². The van der Waals surface area contributed by atoms with Crippen LogP contribution in [0.2, 0.25) is 0 Å². The van der Waals surface area contributed by atoms with Crippen LogP contribution in [0.4, 0.5) is 0 Å². The summed E-state index contributed by atoms with van der Waals surface area (Å²) < 4.78 is 57.0. The number of hydrogen-bond donors (Lipinski definition) is 6. The van der Waals surface area contributed by atoms with Gasteiger partial charge in [0, 0.05) is 76.5 Å². The average molecular weight is 1190 g/mol. The van der Waals surface area contributed by atoms with Gasteiger partial charge in [0.2, 0.25) is 0 Å². The molecular weight excluding hydrogens is 1070 g/mol. The molecule has 9 aliphatic rings. The SMILES string of the molecule is CCCCOC1CCC(OCCCC)C2C3[N-]C(NC4NC(NC5[N-]C(NC6NC(N3)C3C(OCCCC)CCC(OCCCC)C63)C3C(OCCCC)CCC(OCCCC)C53)C3C(OCCCC)CCC(OCCCC)C43)C12.[Ni+2]. The van der Waals surface area contributed by atoms with Crippen LogP contribution in [0.5, 0.6) is 0 Å². The zero-order chi connectivity index (χ0) is 55.8. The van der Waals surface area contributed by atoms with Crippen molar-refractivity contribution in [2.24, 2.45) is 47.3 Å². The Labute approximate surface area is 502 Å². The molecule has 472 valence electrons. The Kier molecular flexibility index (Phi) is 28.5. The molecule has 9 fully saturated rings. The molecule has 5 saturated heterocycles. The molecular formula is C64H118N8NiO8. The summed E-state index contributed by atoms with van der Waals surface area (Å²) in [6.07, 6.45) is 24.3. The molecule has 0 spiro atoms. The van der Waals surface area contributed by atoms with Crippen molar-refractivity contribution in [3.8, 4) is 0 Å². The molecule has 5 aliphatic heterocycles. The molecule has 0 amide bonds. The summed E-state index contributed by atoms with van der Waals surface area (Å²) in [5, 5.41) is 38.5. The van der Waals surface area contributed by atoms with Gasteiger partial charge in [0.1, 0.15) is 0 Å². The average Bonchev–Trinajstić information content (AvgIpc) is 4.36. The molecule has 8 bridgehead atoms. The van der Waals surface area contributed by atoms with Crippen molar-refractivity contribution in [1.82, 2.24) is 31.9 Å². The first-order chi connectivity index (χ1) is 39.4. The van der Waals surface area contributed by atoms with E-state index in [1.807, 2.05) is 0 Å². The summed E-state index contributed by atoms with van der Waals surface area (Å²) in [7, 11) is 0. The third-order valence-corrected chi connectivity index (χ3v) is 20.6. The Morgan fingerprint density at radius 3 is 0.568 bits per heavy atom. The second-order valence-corrected chi connectivity index (χ2v) is 26.0. The number of nitrogens with one attached hydrogen (secondary N) is 6. The van der Waals surface area contributed by atoms with E-state index in [1.54, 1.807) is 0 Å². The van der Waals surface area contributed by atoms with E-state index in [4.69, 9.17) is 48.5 Å². The summed E-state index contributed by atoms with van der Waals surface area (Å²) in [6, 6.07) is 0. The van der Waals surface area contributed by atoms with Gasteiger partial charge in [0.05, 0.1) is 73.5 Å². The first kappa shape index (κ1) is 66.8. The van der Waals surface area contributed by atoms with Crippen molar-refractivity contribution < 1.29 is 54.4 Å². The monoisotopic (exact) mass is 1180 g/mol. The summed E-state index contributed by atoms with van der Waals surface area (Å²) in [5.41, 5.74) is 0. The van der Waals surface area contributed by atoms with Crippen molar-refractivity contribution in [1.29, 1.82) is 0 Å². The molecule has 0 aromatic carbocycles. The van der Waals surface area contributed by atoms with Crippen LogP contribution < -0.4 is 31.9 Å². The minimum absolute atomic E-state index is 0. The molecule has 0 aromatic rings. The fourth-order valence-electron chi connectivity index (χ4n) is 16.4. The normalized spacial score (nSPS) is 41.8. The Morgan fingerprint density at radius 1 is 0.247 bits per heavy atom. The van der Waals surface area contributed by atoms with Crippen molar-refractivity contribution in [3.05, 3.63) is 10.6 Å². The fourth-order valence-corrected chi connectivity index (χ4v) is 16.4. The van der Waals surface area contributed by atoms with Gasteiger partial charge in [-0.25, -0.2) is 0 Å². The standard InChI is InChI=1S/C64H118N8O8.Ni/c1-9-17-33-73-41-25-26-42(74-34-18-10-2)50-49(41)57-65-58(50)70-60-53-45(77-37-21-13-5)29-30-46(78-38-22-14-6)54(53)62(67-60)72-64-56-48(80-40-24-16-8)32-31-47(79-39-23-15-7)55(56)63(68-64)71-61-52-44(76-36-20-12-4)28-27-43(75-35-19-11-3)51(52)59(66-61)69-57;/h41-65,68-72H,9-40H2,1-8H3;/q-2;+2. The van der Waals surface area contributed by atoms with Gasteiger partial charge in [-0.05, 0) is 126 Å². The molecule has 9 rings (SSSR count). The topological polar surface area (TPSA) is 174 Å². The molecule has 4 aliphatic carbocycles. The molecule has 0 aromatic heterocycles. The molecule has 5 heterocycles. The van der Waals surface area contributed by atoms with Gasteiger partial charge in [-0.2, -0.15) is 0 Å². The van der Waals surface area contributed by atoms with E-state index in [1.165, 1.54) is 0 Å². The zero-order valence-corrected chi connectivity index (χ0v) is 52.9. The van der Waals surface area contributed by atoms with Crippen LogP contribution in [0.25, 0.3) is 10.6 Å². The fraction of sp³-hybridized carbons (Fsp3) is 1.00. The molecule has 24 atom stereocenters. The van der Waals surface area contributed by atoms with Crippen molar-refractivity contribution >= 4 is 0 Å².